The third kappa shape index (κ3) is 5.65. The van der Waals surface area contributed by atoms with Gasteiger partial charge >= 0.3 is 5.97 Å². The Morgan fingerprint density at radius 3 is 2.10 bits per heavy atom. The average molecular weight is 319 g/mol. The Morgan fingerprint density at radius 2 is 1.67 bits per heavy atom. The molecule has 0 unspecified atom stereocenters. The summed E-state index contributed by atoms with van der Waals surface area (Å²) in [7, 11) is -3.50. The lowest BCUT2D eigenvalue weighted by Crippen LogP contribution is -2.55. The molecule has 0 saturated heterocycles. The van der Waals surface area contributed by atoms with Crippen molar-refractivity contribution in [2.75, 3.05) is 11.5 Å². The smallest absolute Gasteiger partial charge is 0.329 e. The highest BCUT2D eigenvalue weighted by molar-refractivity contribution is 7.92. The van der Waals surface area contributed by atoms with Gasteiger partial charge < -0.3 is 10.4 Å². The molecule has 1 rings (SSSR count). The molecule has 2 N–H and O–H groups in total. The number of rotatable bonds is 6. The molecule has 1 aliphatic carbocycles. The largest absolute Gasteiger partial charge is 0.480 e. The zero-order valence-electron chi connectivity index (χ0n) is 12.7. The molecule has 21 heavy (non-hydrogen) atoms. The van der Waals surface area contributed by atoms with Crippen LogP contribution in [0.4, 0.5) is 0 Å². The molecule has 6 nitrogen and oxygen atoms in total. The van der Waals surface area contributed by atoms with Crippen LogP contribution in [0.2, 0.25) is 0 Å². The van der Waals surface area contributed by atoms with Crippen LogP contribution in [0.1, 0.15) is 52.4 Å². The zero-order chi connectivity index (χ0) is 16.1. The van der Waals surface area contributed by atoms with E-state index >= 15 is 0 Å². The van der Waals surface area contributed by atoms with Gasteiger partial charge in [-0.1, -0.05) is 39.5 Å². The fourth-order valence-electron chi connectivity index (χ4n) is 2.79. The summed E-state index contributed by atoms with van der Waals surface area (Å²) in [5.41, 5.74) is -1.30. The van der Waals surface area contributed by atoms with E-state index < -0.39 is 33.0 Å². The normalized spacial score (nSPS) is 19.0. The SMILES string of the molecule is CC(C)CS(=O)(=O)CC(=O)NC1(C(=O)O)CCCCCC1. The number of hydrogen-bond acceptors (Lipinski definition) is 4. The fourth-order valence-corrected chi connectivity index (χ4v) is 4.40. The maximum absolute atomic E-state index is 12.0. The minimum absolute atomic E-state index is 0.0610. The molecule has 0 aliphatic heterocycles. The molecule has 0 heterocycles. The van der Waals surface area contributed by atoms with Crippen LogP contribution in [0.5, 0.6) is 0 Å². The molecular formula is C14H25NO5S. The predicted molar refractivity (Wildman–Crippen MR) is 79.7 cm³/mol. The Kier molecular flexibility index (Phi) is 6.19. The van der Waals surface area contributed by atoms with Crippen molar-refractivity contribution in [3.05, 3.63) is 0 Å². The van der Waals surface area contributed by atoms with E-state index in [0.29, 0.717) is 12.8 Å². The van der Waals surface area contributed by atoms with E-state index in [0.717, 1.165) is 25.7 Å². The van der Waals surface area contributed by atoms with Crippen molar-refractivity contribution in [3.63, 3.8) is 0 Å². The molecule has 0 aromatic rings. The first-order chi connectivity index (χ1) is 9.67. The Morgan fingerprint density at radius 1 is 1.14 bits per heavy atom. The minimum atomic E-state index is -3.50. The summed E-state index contributed by atoms with van der Waals surface area (Å²) in [6.07, 6.45) is 4.06. The van der Waals surface area contributed by atoms with Gasteiger partial charge in [-0.3, -0.25) is 4.79 Å². The number of nitrogens with one attached hydrogen (secondary N) is 1. The molecule has 7 heteroatoms. The molecule has 1 amide bonds. The highest BCUT2D eigenvalue weighted by Gasteiger charge is 2.40. The van der Waals surface area contributed by atoms with Gasteiger partial charge in [-0.05, 0) is 18.8 Å². The van der Waals surface area contributed by atoms with Gasteiger partial charge in [-0.15, -0.1) is 0 Å². The van der Waals surface area contributed by atoms with Crippen molar-refractivity contribution < 1.29 is 23.1 Å². The van der Waals surface area contributed by atoms with Crippen molar-refractivity contribution in [2.24, 2.45) is 5.92 Å². The van der Waals surface area contributed by atoms with Gasteiger partial charge in [-0.25, -0.2) is 13.2 Å². The summed E-state index contributed by atoms with van der Waals surface area (Å²) in [5.74, 6) is -2.55. The van der Waals surface area contributed by atoms with Crippen molar-refractivity contribution in [1.82, 2.24) is 5.32 Å². The predicted octanol–water partition coefficient (Wildman–Crippen LogP) is 1.35. The second kappa shape index (κ2) is 7.24. The van der Waals surface area contributed by atoms with Crippen LogP contribution >= 0.6 is 0 Å². The molecule has 1 saturated carbocycles. The van der Waals surface area contributed by atoms with Crippen molar-refractivity contribution in [3.8, 4) is 0 Å². The molecule has 0 atom stereocenters. The number of carboxylic acids is 1. The standard InChI is InChI=1S/C14H25NO5S/c1-11(2)9-21(19,20)10-12(16)15-14(13(17)18)7-5-3-4-6-8-14/h11H,3-10H2,1-2H3,(H,15,16)(H,17,18). The van der Waals surface area contributed by atoms with E-state index in [1.807, 2.05) is 0 Å². The van der Waals surface area contributed by atoms with Crippen LogP contribution in [-0.2, 0) is 19.4 Å². The van der Waals surface area contributed by atoms with Crippen LogP contribution < -0.4 is 5.32 Å². The Hall–Kier alpha value is -1.11. The van der Waals surface area contributed by atoms with Gasteiger partial charge in [-0.2, -0.15) is 0 Å². The van der Waals surface area contributed by atoms with E-state index in [9.17, 15) is 23.1 Å². The van der Waals surface area contributed by atoms with Gasteiger partial charge in [0.25, 0.3) is 0 Å². The number of carboxylic acid groups (broad SMARTS) is 1. The topological polar surface area (TPSA) is 101 Å². The van der Waals surface area contributed by atoms with Crippen LogP contribution in [-0.4, -0.2) is 42.4 Å². The second-order valence-corrected chi connectivity index (χ2v) is 8.41. The van der Waals surface area contributed by atoms with Crippen LogP contribution in [0.3, 0.4) is 0 Å². The summed E-state index contributed by atoms with van der Waals surface area (Å²) in [6, 6.07) is 0. The number of carbonyl (C=O) groups is 2. The Balaban J connectivity index is 2.75. The number of carbonyl (C=O) groups excluding carboxylic acids is 1. The first-order valence-electron chi connectivity index (χ1n) is 7.42. The summed E-state index contributed by atoms with van der Waals surface area (Å²) in [5, 5.41) is 11.9. The van der Waals surface area contributed by atoms with E-state index in [4.69, 9.17) is 0 Å². The van der Waals surface area contributed by atoms with E-state index in [1.165, 1.54) is 0 Å². The highest BCUT2D eigenvalue weighted by Crippen LogP contribution is 2.27. The molecule has 0 bridgehead atoms. The van der Waals surface area contributed by atoms with Crippen LogP contribution in [0.25, 0.3) is 0 Å². The molecule has 0 radical (unpaired) electrons. The summed E-state index contributed by atoms with van der Waals surface area (Å²) < 4.78 is 23.7. The number of aliphatic carboxylic acids is 1. The lowest BCUT2D eigenvalue weighted by molar-refractivity contribution is -0.148. The van der Waals surface area contributed by atoms with Crippen molar-refractivity contribution >= 4 is 21.7 Å². The lowest BCUT2D eigenvalue weighted by Gasteiger charge is -2.29. The third-order valence-corrected chi connectivity index (χ3v) is 5.56. The first kappa shape index (κ1) is 17.9. The van der Waals surface area contributed by atoms with Crippen LogP contribution in [0, 0.1) is 5.92 Å². The van der Waals surface area contributed by atoms with Gasteiger partial charge in [0.2, 0.25) is 5.91 Å². The van der Waals surface area contributed by atoms with Gasteiger partial charge in [0, 0.05) is 0 Å². The quantitative estimate of drug-likeness (QED) is 0.720. The van der Waals surface area contributed by atoms with E-state index in [1.54, 1.807) is 13.8 Å². The van der Waals surface area contributed by atoms with Gasteiger partial charge in [0.05, 0.1) is 5.75 Å². The van der Waals surface area contributed by atoms with Crippen molar-refractivity contribution in [2.45, 2.75) is 57.9 Å². The lowest BCUT2D eigenvalue weighted by atomic mass is 9.90. The number of amides is 1. The highest BCUT2D eigenvalue weighted by atomic mass is 32.2. The number of hydrogen-bond donors (Lipinski definition) is 2. The fraction of sp³-hybridized carbons (Fsp3) is 0.857. The van der Waals surface area contributed by atoms with Gasteiger partial charge in [0.1, 0.15) is 11.3 Å². The van der Waals surface area contributed by atoms with Crippen LogP contribution in [0.15, 0.2) is 0 Å². The Labute approximate surface area is 126 Å². The summed E-state index contributed by atoms with van der Waals surface area (Å²) in [4.78, 5) is 23.5. The number of sulfone groups is 1. The molecule has 0 aromatic heterocycles. The molecule has 1 fully saturated rings. The van der Waals surface area contributed by atoms with E-state index in [2.05, 4.69) is 5.32 Å². The second-order valence-electron chi connectivity index (χ2n) is 6.30. The summed E-state index contributed by atoms with van der Waals surface area (Å²) in [6.45, 7) is 3.53. The molecule has 122 valence electrons. The zero-order valence-corrected chi connectivity index (χ0v) is 13.5. The molecular weight excluding hydrogens is 294 g/mol. The third-order valence-electron chi connectivity index (χ3n) is 3.68. The van der Waals surface area contributed by atoms with Gasteiger partial charge in [0.15, 0.2) is 9.84 Å². The molecule has 0 spiro atoms. The maximum atomic E-state index is 12.0. The van der Waals surface area contributed by atoms with Crippen molar-refractivity contribution in [1.29, 1.82) is 0 Å². The maximum Gasteiger partial charge on any atom is 0.329 e. The Bertz CT molecular complexity index is 476. The minimum Gasteiger partial charge on any atom is -0.480 e. The van der Waals surface area contributed by atoms with E-state index in [-0.39, 0.29) is 11.7 Å². The molecule has 1 aliphatic rings. The monoisotopic (exact) mass is 319 g/mol. The molecule has 0 aromatic carbocycles. The summed E-state index contributed by atoms with van der Waals surface area (Å²) >= 11 is 0. The average Bonchev–Trinajstić information content (AvgIpc) is 2.52. The first-order valence-corrected chi connectivity index (χ1v) is 9.24.